The van der Waals surface area contributed by atoms with Crippen molar-refractivity contribution in [1.29, 1.82) is 5.41 Å². The first-order chi connectivity index (χ1) is 5.29. The van der Waals surface area contributed by atoms with Crippen LogP contribution < -0.4 is 0 Å². The lowest BCUT2D eigenvalue weighted by Gasteiger charge is -2.01. The predicted molar refractivity (Wildman–Crippen MR) is 39.7 cm³/mol. The van der Waals surface area contributed by atoms with E-state index in [9.17, 15) is 0 Å². The summed E-state index contributed by atoms with van der Waals surface area (Å²) >= 11 is 0. The molecule has 11 heavy (non-hydrogen) atoms. The van der Waals surface area contributed by atoms with E-state index >= 15 is 0 Å². The zero-order chi connectivity index (χ0) is 8.27. The summed E-state index contributed by atoms with van der Waals surface area (Å²) in [6, 6.07) is 0. The van der Waals surface area contributed by atoms with Crippen LogP contribution in [0.15, 0.2) is 12.4 Å². The van der Waals surface area contributed by atoms with E-state index in [4.69, 9.17) is 15.6 Å². The fourth-order valence-electron chi connectivity index (χ4n) is 0.794. The van der Waals surface area contributed by atoms with Crippen molar-refractivity contribution in [3.63, 3.8) is 0 Å². The maximum atomic E-state index is 9.10. The molecule has 0 aromatic carbocycles. The van der Waals surface area contributed by atoms with E-state index in [1.807, 2.05) is 0 Å². The second kappa shape index (κ2) is 3.12. The Bertz CT molecular complexity index is 273. The van der Waals surface area contributed by atoms with E-state index in [1.54, 1.807) is 0 Å². The van der Waals surface area contributed by atoms with Gasteiger partial charge in [-0.3, -0.25) is 4.98 Å². The highest BCUT2D eigenvalue weighted by atomic mass is 16.3. The van der Waals surface area contributed by atoms with E-state index in [-0.39, 0.29) is 12.4 Å². The third-order valence-corrected chi connectivity index (χ3v) is 1.36. The van der Waals surface area contributed by atoms with Crippen molar-refractivity contribution in [2.45, 2.75) is 6.61 Å². The Kier molecular flexibility index (Phi) is 2.18. The number of hydrogen-bond donors (Lipinski definition) is 3. The van der Waals surface area contributed by atoms with Crippen LogP contribution in [0.1, 0.15) is 11.1 Å². The highest BCUT2D eigenvalue weighted by Crippen LogP contribution is 2.16. The Morgan fingerprint density at radius 2 is 2.27 bits per heavy atom. The average Bonchev–Trinajstić information content (AvgIpc) is 2.04. The molecule has 4 heteroatoms. The van der Waals surface area contributed by atoms with Crippen LogP contribution in [0.4, 0.5) is 0 Å². The molecule has 0 aliphatic carbocycles. The zero-order valence-electron chi connectivity index (χ0n) is 5.78. The first-order valence-corrected chi connectivity index (χ1v) is 3.06. The number of aromatic nitrogens is 1. The van der Waals surface area contributed by atoms with Gasteiger partial charge >= 0.3 is 0 Å². The van der Waals surface area contributed by atoms with Crippen LogP contribution in [0.2, 0.25) is 0 Å². The lowest BCUT2D eigenvalue weighted by Crippen LogP contribution is -1.93. The molecule has 1 heterocycles. The van der Waals surface area contributed by atoms with E-state index in [0.717, 1.165) is 6.21 Å². The number of nitrogens with one attached hydrogen (secondary N) is 1. The second-order valence-electron chi connectivity index (χ2n) is 2.03. The molecule has 0 spiro atoms. The minimum Gasteiger partial charge on any atom is -0.506 e. The summed E-state index contributed by atoms with van der Waals surface area (Å²) in [6.45, 7) is -0.216. The van der Waals surface area contributed by atoms with Gasteiger partial charge in [-0.15, -0.1) is 0 Å². The van der Waals surface area contributed by atoms with Gasteiger partial charge in [0.15, 0.2) is 0 Å². The van der Waals surface area contributed by atoms with Gasteiger partial charge in [0.1, 0.15) is 5.75 Å². The van der Waals surface area contributed by atoms with Crippen molar-refractivity contribution in [2.24, 2.45) is 0 Å². The quantitative estimate of drug-likeness (QED) is 0.532. The smallest absolute Gasteiger partial charge is 0.142 e. The first-order valence-electron chi connectivity index (χ1n) is 3.06. The normalized spacial score (nSPS) is 9.55. The van der Waals surface area contributed by atoms with Crippen LogP contribution in [0.3, 0.4) is 0 Å². The van der Waals surface area contributed by atoms with Crippen molar-refractivity contribution >= 4 is 6.21 Å². The monoisotopic (exact) mass is 152 g/mol. The van der Waals surface area contributed by atoms with Crippen molar-refractivity contribution < 1.29 is 10.2 Å². The van der Waals surface area contributed by atoms with E-state index in [0.29, 0.717) is 11.1 Å². The highest BCUT2D eigenvalue weighted by Gasteiger charge is 2.03. The van der Waals surface area contributed by atoms with Crippen molar-refractivity contribution in [3.8, 4) is 5.75 Å². The van der Waals surface area contributed by atoms with Gasteiger partial charge in [-0.2, -0.15) is 0 Å². The fourth-order valence-corrected chi connectivity index (χ4v) is 0.794. The summed E-state index contributed by atoms with van der Waals surface area (Å²) in [5, 5.41) is 24.7. The number of hydrogen-bond acceptors (Lipinski definition) is 4. The molecule has 0 amide bonds. The van der Waals surface area contributed by atoms with Gasteiger partial charge in [-0.25, -0.2) is 0 Å². The molecular weight excluding hydrogens is 144 g/mol. The number of aromatic hydroxyl groups is 1. The molecule has 0 saturated heterocycles. The van der Waals surface area contributed by atoms with Crippen LogP contribution in [0.25, 0.3) is 0 Å². The lowest BCUT2D eigenvalue weighted by molar-refractivity contribution is 0.280. The molecule has 1 aromatic rings. The van der Waals surface area contributed by atoms with E-state index < -0.39 is 0 Å². The SMILES string of the molecule is N=Cc1c(O)cncc1CO. The molecule has 4 nitrogen and oxygen atoms in total. The van der Waals surface area contributed by atoms with Gasteiger partial charge in [0.05, 0.1) is 12.8 Å². The molecule has 0 saturated carbocycles. The highest BCUT2D eigenvalue weighted by molar-refractivity contribution is 5.82. The fraction of sp³-hybridized carbons (Fsp3) is 0.143. The van der Waals surface area contributed by atoms with Gasteiger partial charge in [0.2, 0.25) is 0 Å². The predicted octanol–water partition coefficient (Wildman–Crippen LogP) is 0.277. The van der Waals surface area contributed by atoms with Gasteiger partial charge in [0.25, 0.3) is 0 Å². The molecular formula is C7H8N2O2. The van der Waals surface area contributed by atoms with Gasteiger partial charge < -0.3 is 15.6 Å². The average molecular weight is 152 g/mol. The molecule has 58 valence electrons. The zero-order valence-corrected chi connectivity index (χ0v) is 5.78. The number of pyridine rings is 1. The maximum absolute atomic E-state index is 9.10. The molecule has 0 unspecified atom stereocenters. The molecule has 1 rings (SSSR count). The third kappa shape index (κ3) is 1.35. The second-order valence-corrected chi connectivity index (χ2v) is 2.03. The van der Waals surface area contributed by atoms with E-state index in [1.165, 1.54) is 12.4 Å². The van der Waals surface area contributed by atoms with Crippen molar-refractivity contribution in [3.05, 3.63) is 23.5 Å². The number of nitrogens with zero attached hydrogens (tertiary/aromatic N) is 1. The molecule has 0 radical (unpaired) electrons. The number of aliphatic hydroxyl groups excluding tert-OH is 1. The molecule has 1 aromatic heterocycles. The maximum Gasteiger partial charge on any atom is 0.142 e. The molecule has 3 N–H and O–H groups in total. The van der Waals surface area contributed by atoms with Crippen molar-refractivity contribution in [1.82, 2.24) is 4.98 Å². The summed E-state index contributed by atoms with van der Waals surface area (Å²) in [5.41, 5.74) is 0.780. The minimum absolute atomic E-state index is 0.0773. The van der Waals surface area contributed by atoms with Crippen LogP contribution >= 0.6 is 0 Å². The largest absolute Gasteiger partial charge is 0.506 e. The van der Waals surface area contributed by atoms with Gasteiger partial charge in [-0.05, 0) is 0 Å². The summed E-state index contributed by atoms with van der Waals surface area (Å²) in [6.07, 6.45) is 3.64. The standard InChI is InChI=1S/C7H8N2O2/c8-1-6-5(4-10)2-9-3-7(6)11/h1-3,8,10-11H,4H2. The van der Waals surface area contributed by atoms with Crippen LogP contribution in [-0.4, -0.2) is 21.4 Å². The van der Waals surface area contributed by atoms with E-state index in [2.05, 4.69) is 4.98 Å². The van der Waals surface area contributed by atoms with Crippen LogP contribution in [-0.2, 0) is 6.61 Å². The number of rotatable bonds is 2. The summed E-state index contributed by atoms with van der Waals surface area (Å²) in [4.78, 5) is 3.65. The molecule has 0 bridgehead atoms. The van der Waals surface area contributed by atoms with Gasteiger partial charge in [-0.1, -0.05) is 0 Å². The Hall–Kier alpha value is -1.42. The molecule has 0 atom stereocenters. The Morgan fingerprint density at radius 1 is 1.55 bits per heavy atom. The van der Waals surface area contributed by atoms with Crippen LogP contribution in [0, 0.1) is 5.41 Å². The topological polar surface area (TPSA) is 77.2 Å². The molecule has 0 fully saturated rings. The van der Waals surface area contributed by atoms with Crippen LogP contribution in [0.5, 0.6) is 5.75 Å². The minimum atomic E-state index is -0.216. The number of aliphatic hydroxyl groups is 1. The van der Waals surface area contributed by atoms with Gasteiger partial charge in [0, 0.05) is 23.5 Å². The summed E-state index contributed by atoms with van der Waals surface area (Å²) in [5.74, 6) is -0.0773. The summed E-state index contributed by atoms with van der Waals surface area (Å²) < 4.78 is 0. The lowest BCUT2D eigenvalue weighted by atomic mass is 10.1. The Labute approximate surface area is 63.7 Å². The third-order valence-electron chi connectivity index (χ3n) is 1.36. The first kappa shape index (κ1) is 7.68. The van der Waals surface area contributed by atoms with Crippen molar-refractivity contribution in [2.75, 3.05) is 0 Å². The Balaban J connectivity index is 3.24. The summed E-state index contributed by atoms with van der Waals surface area (Å²) in [7, 11) is 0. The Morgan fingerprint density at radius 3 is 2.73 bits per heavy atom. The molecule has 0 aliphatic rings. The molecule has 0 aliphatic heterocycles.